The average molecular weight is 369 g/mol. The lowest BCUT2D eigenvalue weighted by atomic mass is 10.00. The van der Waals surface area contributed by atoms with E-state index in [1.165, 1.54) is 17.8 Å². The van der Waals surface area contributed by atoms with E-state index in [-0.39, 0.29) is 5.91 Å². The van der Waals surface area contributed by atoms with Crippen molar-refractivity contribution in [2.75, 3.05) is 6.54 Å². The second-order valence-corrected chi connectivity index (χ2v) is 7.34. The van der Waals surface area contributed by atoms with Crippen LogP contribution in [0, 0.1) is 0 Å². The molecule has 1 unspecified atom stereocenters. The SMILES string of the molecule is CCC1CCCCN1C(=O)c1csc(-c2cccc(Cl)c2Cl)n1. The van der Waals surface area contributed by atoms with E-state index in [9.17, 15) is 4.79 Å². The van der Waals surface area contributed by atoms with Gasteiger partial charge in [0.15, 0.2) is 0 Å². The third-order valence-electron chi connectivity index (χ3n) is 4.26. The van der Waals surface area contributed by atoms with Crippen LogP contribution in [0.4, 0.5) is 0 Å². The highest BCUT2D eigenvalue weighted by molar-refractivity contribution is 7.13. The van der Waals surface area contributed by atoms with Gasteiger partial charge in [0.2, 0.25) is 0 Å². The van der Waals surface area contributed by atoms with Crippen LogP contribution in [0.15, 0.2) is 23.6 Å². The van der Waals surface area contributed by atoms with E-state index in [4.69, 9.17) is 23.2 Å². The molecule has 122 valence electrons. The summed E-state index contributed by atoms with van der Waals surface area (Å²) in [7, 11) is 0. The Balaban J connectivity index is 1.86. The van der Waals surface area contributed by atoms with Crippen molar-refractivity contribution in [1.82, 2.24) is 9.88 Å². The molecule has 2 heterocycles. The molecule has 0 bridgehead atoms. The minimum Gasteiger partial charge on any atom is -0.334 e. The first-order valence-electron chi connectivity index (χ1n) is 7.82. The zero-order valence-corrected chi connectivity index (χ0v) is 15.2. The molecule has 1 atom stereocenters. The fraction of sp³-hybridized carbons (Fsp3) is 0.412. The Morgan fingerprint density at radius 2 is 2.22 bits per heavy atom. The van der Waals surface area contributed by atoms with Crippen molar-refractivity contribution < 1.29 is 4.79 Å². The van der Waals surface area contributed by atoms with Gasteiger partial charge in [-0.2, -0.15) is 0 Å². The molecule has 6 heteroatoms. The number of rotatable bonds is 3. The van der Waals surface area contributed by atoms with Gasteiger partial charge in [-0.1, -0.05) is 42.3 Å². The van der Waals surface area contributed by atoms with Gasteiger partial charge in [-0.3, -0.25) is 4.79 Å². The van der Waals surface area contributed by atoms with E-state index in [0.717, 1.165) is 36.4 Å². The van der Waals surface area contributed by atoms with Gasteiger partial charge in [0.1, 0.15) is 10.7 Å². The van der Waals surface area contributed by atoms with Crippen LogP contribution < -0.4 is 0 Å². The second kappa shape index (κ2) is 7.20. The Labute approximate surface area is 150 Å². The fourth-order valence-electron chi connectivity index (χ4n) is 3.00. The maximum Gasteiger partial charge on any atom is 0.273 e. The molecular weight excluding hydrogens is 351 g/mol. The Kier molecular flexibility index (Phi) is 5.24. The van der Waals surface area contributed by atoms with Crippen LogP contribution in [-0.4, -0.2) is 28.4 Å². The van der Waals surface area contributed by atoms with Crippen molar-refractivity contribution in [3.8, 4) is 10.6 Å². The summed E-state index contributed by atoms with van der Waals surface area (Å²) in [4.78, 5) is 19.3. The molecule has 1 amide bonds. The van der Waals surface area contributed by atoms with Gasteiger partial charge in [-0.25, -0.2) is 4.98 Å². The number of hydrogen-bond acceptors (Lipinski definition) is 3. The molecule has 1 saturated heterocycles. The summed E-state index contributed by atoms with van der Waals surface area (Å²) in [5, 5.41) is 3.52. The summed E-state index contributed by atoms with van der Waals surface area (Å²) < 4.78 is 0. The third kappa shape index (κ3) is 3.39. The zero-order chi connectivity index (χ0) is 16.4. The highest BCUT2D eigenvalue weighted by Crippen LogP contribution is 2.35. The molecule has 0 saturated carbocycles. The van der Waals surface area contributed by atoms with Crippen molar-refractivity contribution >= 4 is 40.4 Å². The van der Waals surface area contributed by atoms with Crippen molar-refractivity contribution in [1.29, 1.82) is 0 Å². The largest absolute Gasteiger partial charge is 0.334 e. The van der Waals surface area contributed by atoms with E-state index < -0.39 is 0 Å². The van der Waals surface area contributed by atoms with Crippen LogP contribution in [0.3, 0.4) is 0 Å². The number of carbonyl (C=O) groups excluding carboxylic acids is 1. The number of amides is 1. The lowest BCUT2D eigenvalue weighted by molar-refractivity contribution is 0.0603. The maximum atomic E-state index is 12.8. The van der Waals surface area contributed by atoms with Crippen molar-refractivity contribution in [3.63, 3.8) is 0 Å². The number of carbonyl (C=O) groups is 1. The molecule has 0 N–H and O–H groups in total. The molecule has 3 nitrogen and oxygen atoms in total. The van der Waals surface area contributed by atoms with E-state index in [1.807, 2.05) is 22.4 Å². The highest BCUT2D eigenvalue weighted by atomic mass is 35.5. The van der Waals surface area contributed by atoms with Gasteiger partial charge in [0, 0.05) is 23.5 Å². The summed E-state index contributed by atoms with van der Waals surface area (Å²) in [6.45, 7) is 2.95. The molecular formula is C17H18Cl2N2OS. The number of nitrogens with zero attached hydrogens (tertiary/aromatic N) is 2. The van der Waals surface area contributed by atoms with Gasteiger partial charge in [0.25, 0.3) is 5.91 Å². The van der Waals surface area contributed by atoms with Gasteiger partial charge >= 0.3 is 0 Å². The lowest BCUT2D eigenvalue weighted by Crippen LogP contribution is -2.43. The zero-order valence-electron chi connectivity index (χ0n) is 12.9. The van der Waals surface area contributed by atoms with Crippen molar-refractivity contribution in [2.45, 2.75) is 38.6 Å². The van der Waals surface area contributed by atoms with Gasteiger partial charge in [-0.05, 0) is 31.7 Å². The van der Waals surface area contributed by atoms with Gasteiger partial charge in [-0.15, -0.1) is 11.3 Å². The Morgan fingerprint density at radius 1 is 1.39 bits per heavy atom. The predicted octanol–water partition coefficient (Wildman–Crippen LogP) is 5.52. The number of thiazole rings is 1. The topological polar surface area (TPSA) is 33.2 Å². The van der Waals surface area contributed by atoms with Crippen molar-refractivity contribution in [2.24, 2.45) is 0 Å². The number of piperidine rings is 1. The Morgan fingerprint density at radius 3 is 3.00 bits per heavy atom. The maximum absolute atomic E-state index is 12.8. The quantitative estimate of drug-likeness (QED) is 0.714. The van der Waals surface area contributed by atoms with E-state index in [2.05, 4.69) is 11.9 Å². The van der Waals surface area contributed by atoms with E-state index >= 15 is 0 Å². The number of hydrogen-bond donors (Lipinski definition) is 0. The molecule has 2 aromatic rings. The Hall–Kier alpha value is -1.10. The normalized spacial score (nSPS) is 18.2. The molecule has 1 aliphatic heterocycles. The summed E-state index contributed by atoms with van der Waals surface area (Å²) in [6, 6.07) is 5.78. The fourth-order valence-corrected chi connectivity index (χ4v) is 4.28. The standard InChI is InChI=1S/C17H18Cl2N2OS/c1-2-11-6-3-4-9-21(11)17(22)14-10-23-16(20-14)12-7-5-8-13(18)15(12)19/h5,7-8,10-11H,2-4,6,9H2,1H3. The number of halogens is 2. The van der Waals surface area contributed by atoms with Crippen LogP contribution in [0.1, 0.15) is 43.1 Å². The molecule has 0 radical (unpaired) electrons. The Bertz CT molecular complexity index is 716. The number of likely N-dealkylation sites (tertiary alicyclic amines) is 1. The number of aromatic nitrogens is 1. The van der Waals surface area contributed by atoms with E-state index in [1.54, 1.807) is 6.07 Å². The first-order chi connectivity index (χ1) is 11.1. The minimum absolute atomic E-state index is 0.0252. The predicted molar refractivity (Wildman–Crippen MR) is 96.5 cm³/mol. The lowest BCUT2D eigenvalue weighted by Gasteiger charge is -2.34. The summed E-state index contributed by atoms with van der Waals surface area (Å²) >= 11 is 13.7. The number of benzene rings is 1. The van der Waals surface area contributed by atoms with E-state index in [0.29, 0.717) is 21.8 Å². The van der Waals surface area contributed by atoms with Gasteiger partial charge in [0.05, 0.1) is 10.0 Å². The molecule has 3 rings (SSSR count). The average Bonchev–Trinajstić information content (AvgIpc) is 3.06. The highest BCUT2D eigenvalue weighted by Gasteiger charge is 2.27. The molecule has 1 aromatic carbocycles. The van der Waals surface area contributed by atoms with Crippen LogP contribution in [0.2, 0.25) is 10.0 Å². The molecule has 1 fully saturated rings. The van der Waals surface area contributed by atoms with Crippen LogP contribution >= 0.6 is 34.5 Å². The summed E-state index contributed by atoms with van der Waals surface area (Å²) in [6.07, 6.45) is 4.34. The van der Waals surface area contributed by atoms with Gasteiger partial charge < -0.3 is 4.90 Å². The van der Waals surface area contributed by atoms with Crippen LogP contribution in [-0.2, 0) is 0 Å². The molecule has 1 aromatic heterocycles. The van der Waals surface area contributed by atoms with Crippen LogP contribution in [0.25, 0.3) is 10.6 Å². The van der Waals surface area contributed by atoms with Crippen LogP contribution in [0.5, 0.6) is 0 Å². The molecule has 0 aliphatic carbocycles. The smallest absolute Gasteiger partial charge is 0.273 e. The van der Waals surface area contributed by atoms with Crippen molar-refractivity contribution in [3.05, 3.63) is 39.3 Å². The molecule has 1 aliphatic rings. The first kappa shape index (κ1) is 16.7. The second-order valence-electron chi connectivity index (χ2n) is 5.70. The summed E-state index contributed by atoms with van der Waals surface area (Å²) in [5.41, 5.74) is 1.27. The molecule has 23 heavy (non-hydrogen) atoms. The molecule has 0 spiro atoms. The monoisotopic (exact) mass is 368 g/mol. The third-order valence-corrected chi connectivity index (χ3v) is 5.96. The minimum atomic E-state index is 0.0252. The summed E-state index contributed by atoms with van der Waals surface area (Å²) in [5.74, 6) is 0.0252. The first-order valence-corrected chi connectivity index (χ1v) is 9.46.